The first kappa shape index (κ1) is 76.8. The van der Waals surface area contributed by atoms with Crippen molar-refractivity contribution in [3.05, 3.63) is 463 Å². The highest BCUT2D eigenvalue weighted by atomic mass is 16.6. The number of nitriles is 1. The predicted molar refractivity (Wildman–Crippen MR) is 494 cm³/mol. The van der Waals surface area contributed by atoms with E-state index in [1.165, 1.54) is 78.3 Å². The molecule has 119 heavy (non-hydrogen) atoms. The number of nitro groups is 2. The molecule has 0 aliphatic carbocycles. The number of hydrogen-bond acceptors (Lipinski definition) is 11. The largest absolute Gasteiger partial charge is 0.345 e. The van der Waals surface area contributed by atoms with E-state index in [4.69, 9.17) is 5.26 Å². The summed E-state index contributed by atoms with van der Waals surface area (Å²) in [4.78, 5) is 34.5. The van der Waals surface area contributed by atoms with Gasteiger partial charge in [0.2, 0.25) is 0 Å². The molecule has 0 N–H and O–H groups in total. The highest BCUT2D eigenvalue weighted by Crippen LogP contribution is 2.43. The molecule has 0 saturated heterocycles. The summed E-state index contributed by atoms with van der Waals surface area (Å²) < 4.78 is 0. The van der Waals surface area contributed by atoms with Crippen molar-refractivity contribution in [3.63, 3.8) is 0 Å². The van der Waals surface area contributed by atoms with E-state index in [1.54, 1.807) is 24.3 Å². The van der Waals surface area contributed by atoms with E-state index in [0.717, 1.165) is 90.9 Å². The fraction of sp³-hybridized carbons (Fsp3) is 0.0283. The van der Waals surface area contributed by atoms with Crippen LogP contribution in [0.5, 0.6) is 0 Å². The lowest BCUT2D eigenvalue weighted by atomic mass is 10.0. The first-order valence-electron chi connectivity index (χ1n) is 39.2. The van der Waals surface area contributed by atoms with Crippen LogP contribution in [0, 0.1) is 31.6 Å². The molecule has 0 spiro atoms. The molecule has 574 valence electrons. The van der Waals surface area contributed by atoms with Gasteiger partial charge in [0.05, 0.1) is 21.5 Å². The van der Waals surface area contributed by atoms with Gasteiger partial charge in [-0.1, -0.05) is 224 Å². The molecular formula is C106H81N9O4. The third-order valence-electron chi connectivity index (χ3n) is 21.4. The molecular weight excluding hydrogens is 1460 g/mol. The summed E-state index contributed by atoms with van der Waals surface area (Å²) >= 11 is 0. The van der Waals surface area contributed by atoms with Crippen molar-refractivity contribution in [1.82, 2.24) is 0 Å². The van der Waals surface area contributed by atoms with Gasteiger partial charge in [-0.25, -0.2) is 0 Å². The third-order valence-corrected chi connectivity index (χ3v) is 21.4. The summed E-state index contributed by atoms with van der Waals surface area (Å²) in [5, 5.41) is 38.6. The van der Waals surface area contributed by atoms with E-state index in [9.17, 15) is 20.2 Å². The average Bonchev–Trinajstić information content (AvgIpc) is 0.793. The number of rotatable bonds is 20. The van der Waals surface area contributed by atoms with Crippen molar-refractivity contribution in [3.8, 4) is 39.4 Å². The molecule has 0 atom stereocenters. The summed E-state index contributed by atoms with van der Waals surface area (Å²) in [5.41, 5.74) is 23.1. The molecule has 18 aromatic rings. The standard InChI is InChI=1S/C36H27N3.2C35H27N3O2/c1-38(32-16-11-27(26-37)12-17-32)33-21-23-35(24-22-33)39(36-20-15-29-9-5-6-10-31(29)25-36)34-18-13-30(14-19-34)28-7-3-2-4-8-28;1-36(33-12-7-13-35(25-33)38(39)40)30-20-22-32(23-21-30)37(34-19-16-27-10-5-6-11-29(27)24-34)31-17-14-28(15-18-31)26-8-3-2-4-9-26;1-36(31-19-23-34(24-20-31)38(39)40)30-17-21-33(22-18-30)37(35-16-13-27-9-5-6-10-29(27)25-35)32-14-11-28(12-15-32)26-7-3-2-4-8-26/h2-25H,1H3;2*2-25H,1H3. The lowest BCUT2D eigenvalue weighted by Crippen LogP contribution is -2.12. The van der Waals surface area contributed by atoms with Gasteiger partial charge in [0, 0.05) is 131 Å². The summed E-state index contributed by atoms with van der Waals surface area (Å²) in [7, 11) is 5.91. The maximum Gasteiger partial charge on any atom is 0.271 e. The lowest BCUT2D eigenvalue weighted by Gasteiger charge is -2.27. The van der Waals surface area contributed by atoms with Crippen molar-refractivity contribution < 1.29 is 9.85 Å². The normalized spacial score (nSPS) is 10.8. The smallest absolute Gasteiger partial charge is 0.271 e. The number of benzene rings is 18. The maximum absolute atomic E-state index is 11.3. The number of fused-ring (bicyclic) bond motifs is 3. The zero-order valence-electron chi connectivity index (χ0n) is 65.7. The van der Waals surface area contributed by atoms with Crippen molar-refractivity contribution in [2.75, 3.05) is 50.5 Å². The Labute approximate surface area is 692 Å². The van der Waals surface area contributed by atoms with Crippen LogP contribution in [-0.4, -0.2) is 31.0 Å². The summed E-state index contributed by atoms with van der Waals surface area (Å²) in [6.07, 6.45) is 0. The minimum Gasteiger partial charge on any atom is -0.345 e. The molecule has 13 nitrogen and oxygen atoms in total. The van der Waals surface area contributed by atoms with E-state index in [-0.39, 0.29) is 21.2 Å². The molecule has 0 bridgehead atoms. The topological polar surface area (TPSA) is 130 Å². The molecule has 0 aliphatic heterocycles. The Kier molecular flexibility index (Phi) is 22.9. The van der Waals surface area contributed by atoms with Crippen LogP contribution in [0.15, 0.2) is 437 Å². The molecule has 0 radical (unpaired) electrons. The van der Waals surface area contributed by atoms with Gasteiger partial charge in [-0.05, 0) is 254 Å². The van der Waals surface area contributed by atoms with Crippen LogP contribution in [-0.2, 0) is 0 Å². The van der Waals surface area contributed by atoms with Crippen LogP contribution < -0.4 is 29.4 Å². The van der Waals surface area contributed by atoms with Crippen LogP contribution >= 0.6 is 0 Å². The summed E-state index contributed by atoms with van der Waals surface area (Å²) in [6.45, 7) is 0. The van der Waals surface area contributed by atoms with E-state index >= 15 is 0 Å². The van der Waals surface area contributed by atoms with Gasteiger partial charge in [0.1, 0.15) is 0 Å². The van der Waals surface area contributed by atoms with Gasteiger partial charge in [0.15, 0.2) is 0 Å². The second kappa shape index (κ2) is 35.5. The molecule has 13 heteroatoms. The first-order chi connectivity index (χ1) is 58.3. The Morgan fingerprint density at radius 3 is 0.739 bits per heavy atom. The Hall–Kier alpha value is -16.2. The number of anilines is 15. The van der Waals surface area contributed by atoms with Crippen molar-refractivity contribution in [2.24, 2.45) is 0 Å². The van der Waals surface area contributed by atoms with Crippen molar-refractivity contribution in [1.29, 1.82) is 5.26 Å². The molecule has 0 fully saturated rings. The van der Waals surface area contributed by atoms with Gasteiger partial charge < -0.3 is 29.4 Å². The van der Waals surface area contributed by atoms with Crippen LogP contribution in [0.3, 0.4) is 0 Å². The predicted octanol–water partition coefficient (Wildman–Crippen LogP) is 28.9. The fourth-order valence-electron chi connectivity index (χ4n) is 14.9. The molecule has 0 heterocycles. The highest BCUT2D eigenvalue weighted by molar-refractivity contribution is 5.93. The zero-order valence-corrected chi connectivity index (χ0v) is 65.7. The van der Waals surface area contributed by atoms with Crippen molar-refractivity contribution in [2.45, 2.75) is 0 Å². The van der Waals surface area contributed by atoms with Gasteiger partial charge in [-0.3, -0.25) is 20.2 Å². The molecule has 0 saturated carbocycles. The summed E-state index contributed by atoms with van der Waals surface area (Å²) in [6, 6.07) is 150. The van der Waals surface area contributed by atoms with Gasteiger partial charge in [-0.15, -0.1) is 0 Å². The monoisotopic (exact) mass is 1540 g/mol. The maximum atomic E-state index is 11.3. The van der Waals surface area contributed by atoms with Crippen molar-refractivity contribution >= 4 is 129 Å². The second-order valence-electron chi connectivity index (χ2n) is 28.8. The van der Waals surface area contributed by atoms with Gasteiger partial charge in [-0.2, -0.15) is 5.26 Å². The summed E-state index contributed by atoms with van der Waals surface area (Å²) in [5.74, 6) is 0. The van der Waals surface area contributed by atoms with Crippen LogP contribution in [0.25, 0.3) is 65.7 Å². The quantitative estimate of drug-likeness (QED) is 0.0534. The zero-order chi connectivity index (χ0) is 81.6. The minimum absolute atomic E-state index is 0.0717. The number of nitrogens with zero attached hydrogens (tertiary/aromatic N) is 9. The third kappa shape index (κ3) is 17.6. The molecule has 18 rings (SSSR count). The molecule has 18 aromatic carbocycles. The van der Waals surface area contributed by atoms with E-state index in [0.29, 0.717) is 5.56 Å². The number of non-ortho nitro benzene ring substituents is 2. The number of nitro benzene ring substituents is 2. The first-order valence-corrected chi connectivity index (χ1v) is 39.2. The van der Waals surface area contributed by atoms with Crippen LogP contribution in [0.2, 0.25) is 0 Å². The Morgan fingerprint density at radius 2 is 0.445 bits per heavy atom. The molecule has 0 aromatic heterocycles. The minimum atomic E-state index is -0.383. The average molecular weight is 1540 g/mol. The molecule has 0 unspecified atom stereocenters. The Bertz CT molecular complexity index is 6580. The van der Waals surface area contributed by atoms with E-state index in [1.807, 2.05) is 91.6 Å². The van der Waals surface area contributed by atoms with Crippen LogP contribution in [0.1, 0.15) is 5.56 Å². The Morgan fingerprint density at radius 1 is 0.210 bits per heavy atom. The molecule has 0 aliphatic rings. The van der Waals surface area contributed by atoms with Crippen LogP contribution in [0.4, 0.5) is 96.7 Å². The lowest BCUT2D eigenvalue weighted by molar-refractivity contribution is -0.385. The van der Waals surface area contributed by atoms with Gasteiger partial charge >= 0.3 is 0 Å². The Balaban J connectivity index is 0.000000133. The molecule has 0 amide bonds. The number of hydrogen-bond donors (Lipinski definition) is 0. The highest BCUT2D eigenvalue weighted by Gasteiger charge is 2.21. The SMILES string of the molecule is CN(c1ccc(C#N)cc1)c1ccc(N(c2ccc(-c3ccccc3)cc2)c2ccc3ccccc3c2)cc1.CN(c1ccc(N(c2ccc(-c3ccccc3)cc2)c2ccc3ccccc3c2)cc1)c1ccc([N+](=O)[O-])cc1.CN(c1ccc(N(c2ccc(-c3ccccc3)cc2)c2ccc3ccccc3c2)cc1)c1cccc([N+](=O)[O-])c1. The van der Waals surface area contributed by atoms with E-state index in [2.05, 4.69) is 359 Å². The fourth-order valence-corrected chi connectivity index (χ4v) is 14.9. The van der Waals surface area contributed by atoms with E-state index < -0.39 is 0 Å². The second-order valence-corrected chi connectivity index (χ2v) is 28.8. The van der Waals surface area contributed by atoms with Gasteiger partial charge in [0.25, 0.3) is 11.4 Å².